The molecule has 3 heterocycles. The predicted octanol–water partition coefficient (Wildman–Crippen LogP) is 7.42. The number of carbonyl (C=O) groups excluding carboxylic acids is 1. The van der Waals surface area contributed by atoms with E-state index in [1.54, 1.807) is 18.3 Å². The van der Waals surface area contributed by atoms with Crippen molar-refractivity contribution in [1.82, 2.24) is 14.5 Å². The lowest BCUT2D eigenvalue weighted by Gasteiger charge is -2.50. The molecule has 0 radical (unpaired) electrons. The lowest BCUT2D eigenvalue weighted by atomic mass is 9.82. The van der Waals surface area contributed by atoms with Crippen LogP contribution in [0.4, 0.5) is 13.2 Å². The SMILES string of the molecule is COc1cc(/C=C2\CC[C@@H]3CC[C@H](O[Si](C)(C)OC(C)(C)C)[C@@H](c4cc(F)c(F)c(F)c4)N3C2=O)ccc1-n1cnc(C)c1. The van der Waals surface area contributed by atoms with Gasteiger partial charge in [-0.1, -0.05) is 6.07 Å². The molecule has 2 aliphatic heterocycles. The Hall–Kier alpha value is -3.41. The molecule has 0 aliphatic carbocycles. The van der Waals surface area contributed by atoms with E-state index in [2.05, 4.69) is 4.98 Å². The first kappa shape index (κ1) is 32.0. The van der Waals surface area contributed by atoms with Gasteiger partial charge in [0.1, 0.15) is 5.75 Å². The number of aromatic nitrogens is 2. The molecule has 7 nitrogen and oxygen atoms in total. The highest BCUT2D eigenvalue weighted by atomic mass is 28.4. The Morgan fingerprint density at radius 3 is 2.36 bits per heavy atom. The number of ether oxygens (including phenoxy) is 1. The largest absolute Gasteiger partial charge is 0.495 e. The molecule has 2 aromatic carbocycles. The average Bonchev–Trinajstić information content (AvgIpc) is 3.37. The van der Waals surface area contributed by atoms with Crippen LogP contribution < -0.4 is 4.74 Å². The number of aryl methyl sites for hydroxylation is 1. The Morgan fingerprint density at radius 1 is 1.05 bits per heavy atom. The number of fused-ring (bicyclic) bond motifs is 1. The number of halogens is 3. The summed E-state index contributed by atoms with van der Waals surface area (Å²) in [6.45, 7) is 11.6. The Balaban J connectivity index is 1.52. The standard InChI is InChI=1S/C33H40F3N3O4Si/c1-20-18-38(19-37-20)27-12-8-21(15-29(27)41-5)14-22-9-10-24-11-13-28(42-44(6,7)43-33(2,3)4)31(39(24)32(22)40)23-16-25(34)30(36)26(35)17-23/h8,12,14-19,24,28,31H,9-11,13H2,1-7H3/b22-14+/t24-,28+,31-/m1/s1. The fourth-order valence-corrected chi connectivity index (χ4v) is 8.98. The Kier molecular flexibility index (Phi) is 8.85. The number of methoxy groups -OCH3 is 1. The molecule has 1 amide bonds. The van der Waals surface area contributed by atoms with Gasteiger partial charge in [0.15, 0.2) is 17.5 Å². The van der Waals surface area contributed by atoms with Crippen LogP contribution in [-0.4, -0.2) is 53.8 Å². The van der Waals surface area contributed by atoms with Crippen LogP contribution in [0.5, 0.6) is 5.75 Å². The molecule has 1 aromatic heterocycles. The van der Waals surface area contributed by atoms with Gasteiger partial charge in [0.25, 0.3) is 5.91 Å². The highest BCUT2D eigenvalue weighted by Gasteiger charge is 2.47. The summed E-state index contributed by atoms with van der Waals surface area (Å²) in [4.78, 5) is 20.2. The molecule has 0 bridgehead atoms. The van der Waals surface area contributed by atoms with Gasteiger partial charge in [0.2, 0.25) is 0 Å². The second kappa shape index (κ2) is 12.2. The van der Waals surface area contributed by atoms with E-state index in [1.807, 2.05) is 75.8 Å². The van der Waals surface area contributed by atoms with Crippen molar-refractivity contribution in [3.8, 4) is 11.4 Å². The van der Waals surface area contributed by atoms with E-state index in [0.29, 0.717) is 37.0 Å². The van der Waals surface area contributed by atoms with Crippen LogP contribution in [0, 0.1) is 24.4 Å². The van der Waals surface area contributed by atoms with Crippen molar-refractivity contribution in [2.45, 2.75) is 90.3 Å². The Labute approximate surface area is 257 Å². The average molecular weight is 628 g/mol. The van der Waals surface area contributed by atoms with E-state index >= 15 is 0 Å². The smallest absolute Gasteiger partial charge is 0.332 e. The van der Waals surface area contributed by atoms with Crippen molar-refractivity contribution in [3.05, 3.63) is 82.7 Å². The highest BCUT2D eigenvalue weighted by molar-refractivity contribution is 6.64. The second-order valence-corrected chi connectivity index (χ2v) is 16.3. The first-order chi connectivity index (χ1) is 20.7. The lowest BCUT2D eigenvalue weighted by molar-refractivity contribution is -0.142. The zero-order chi connectivity index (χ0) is 32.0. The molecule has 44 heavy (non-hydrogen) atoms. The number of carbonyl (C=O) groups is 1. The molecular weight excluding hydrogens is 587 g/mol. The van der Waals surface area contributed by atoms with Crippen LogP contribution >= 0.6 is 0 Å². The van der Waals surface area contributed by atoms with Gasteiger partial charge in [-0.15, -0.1) is 0 Å². The van der Waals surface area contributed by atoms with E-state index in [0.717, 1.165) is 29.1 Å². The van der Waals surface area contributed by atoms with Gasteiger partial charge in [0, 0.05) is 17.8 Å². The molecule has 5 rings (SSSR count). The van der Waals surface area contributed by atoms with Crippen LogP contribution in [-0.2, 0) is 13.6 Å². The summed E-state index contributed by atoms with van der Waals surface area (Å²) in [7, 11) is -1.19. The molecule has 2 saturated heterocycles. The maximum absolute atomic E-state index is 14.6. The van der Waals surface area contributed by atoms with E-state index in [4.69, 9.17) is 13.6 Å². The molecule has 2 aliphatic rings. The molecule has 0 spiro atoms. The summed E-state index contributed by atoms with van der Waals surface area (Å²) in [5, 5.41) is 0. The minimum atomic E-state index is -2.77. The number of amides is 1. The van der Waals surface area contributed by atoms with Crippen LogP contribution in [0.25, 0.3) is 11.8 Å². The van der Waals surface area contributed by atoms with Crippen LogP contribution in [0.15, 0.2) is 48.4 Å². The molecule has 2 fully saturated rings. The summed E-state index contributed by atoms with van der Waals surface area (Å²) in [6.07, 6.45) is 7.29. The molecule has 3 aromatic rings. The third-order valence-electron chi connectivity index (χ3n) is 7.96. The number of rotatable bonds is 7. The minimum Gasteiger partial charge on any atom is -0.495 e. The quantitative estimate of drug-likeness (QED) is 0.155. The first-order valence-corrected chi connectivity index (χ1v) is 17.7. The molecule has 11 heteroatoms. The van der Waals surface area contributed by atoms with Crippen molar-refractivity contribution in [3.63, 3.8) is 0 Å². The van der Waals surface area contributed by atoms with E-state index in [-0.39, 0.29) is 17.5 Å². The van der Waals surface area contributed by atoms with Gasteiger partial charge >= 0.3 is 8.56 Å². The molecule has 0 N–H and O–H groups in total. The van der Waals surface area contributed by atoms with Gasteiger partial charge in [-0.2, -0.15) is 0 Å². The van der Waals surface area contributed by atoms with Gasteiger partial charge in [0.05, 0.1) is 42.6 Å². The normalized spacial score (nSPS) is 22.0. The monoisotopic (exact) mass is 627 g/mol. The van der Waals surface area contributed by atoms with Gasteiger partial charge < -0.3 is 23.1 Å². The topological polar surface area (TPSA) is 65.8 Å². The number of hydrogen-bond donors (Lipinski definition) is 0. The van der Waals surface area contributed by atoms with Crippen LogP contribution in [0.2, 0.25) is 13.1 Å². The summed E-state index contributed by atoms with van der Waals surface area (Å²) in [5.41, 5.74) is 2.71. The summed E-state index contributed by atoms with van der Waals surface area (Å²) in [5.74, 6) is -3.77. The van der Waals surface area contributed by atoms with Crippen molar-refractivity contribution in [2.75, 3.05) is 7.11 Å². The van der Waals surface area contributed by atoms with Crippen molar-refractivity contribution in [1.29, 1.82) is 0 Å². The maximum Gasteiger partial charge on any atom is 0.332 e. The second-order valence-electron chi connectivity index (χ2n) is 13.0. The number of piperidine rings is 2. The highest BCUT2D eigenvalue weighted by Crippen LogP contribution is 2.44. The molecule has 3 atom stereocenters. The van der Waals surface area contributed by atoms with E-state index in [9.17, 15) is 18.0 Å². The third kappa shape index (κ3) is 6.79. The minimum absolute atomic E-state index is 0.157. The summed E-state index contributed by atoms with van der Waals surface area (Å²) in [6, 6.07) is 6.64. The zero-order valence-corrected chi connectivity index (χ0v) is 27.3. The fourth-order valence-electron chi connectivity index (χ4n) is 6.49. The van der Waals surface area contributed by atoms with Crippen molar-refractivity contribution in [2.24, 2.45) is 0 Å². The molecule has 0 saturated carbocycles. The summed E-state index contributed by atoms with van der Waals surface area (Å²) >= 11 is 0. The maximum atomic E-state index is 14.6. The third-order valence-corrected chi connectivity index (χ3v) is 9.93. The number of benzene rings is 2. The Morgan fingerprint density at radius 2 is 1.75 bits per heavy atom. The molecular formula is C33H40F3N3O4Si. The van der Waals surface area contributed by atoms with E-state index < -0.39 is 43.8 Å². The molecule has 236 valence electrons. The van der Waals surface area contributed by atoms with Crippen LogP contribution in [0.3, 0.4) is 0 Å². The number of hydrogen-bond acceptors (Lipinski definition) is 5. The van der Waals surface area contributed by atoms with Gasteiger partial charge in [-0.05, 0) is 108 Å². The number of nitrogens with zero attached hydrogens (tertiary/aromatic N) is 3. The Bertz CT molecular complexity index is 1560. The summed E-state index contributed by atoms with van der Waals surface area (Å²) < 4.78 is 63.6. The lowest BCUT2D eigenvalue weighted by Crippen LogP contribution is -2.56. The zero-order valence-electron chi connectivity index (χ0n) is 26.3. The van der Waals surface area contributed by atoms with E-state index in [1.165, 1.54) is 0 Å². The predicted molar refractivity (Wildman–Crippen MR) is 164 cm³/mol. The van der Waals surface area contributed by atoms with Crippen molar-refractivity contribution >= 4 is 20.5 Å². The molecule has 0 unspecified atom stereocenters. The number of imidazole rings is 1. The van der Waals surface area contributed by atoms with Crippen molar-refractivity contribution < 1.29 is 31.6 Å². The van der Waals surface area contributed by atoms with Crippen LogP contribution in [0.1, 0.15) is 69.3 Å². The van der Waals surface area contributed by atoms with Gasteiger partial charge in [-0.25, -0.2) is 18.2 Å². The first-order valence-electron chi connectivity index (χ1n) is 14.9. The fraction of sp³-hybridized carbons (Fsp3) is 0.455. The van der Waals surface area contributed by atoms with Gasteiger partial charge in [-0.3, -0.25) is 4.79 Å².